The van der Waals surface area contributed by atoms with Crippen LogP contribution >= 0.6 is 7.60 Å². The van der Waals surface area contributed by atoms with E-state index in [0.717, 1.165) is 24.3 Å². The normalized spacial score (nSPS) is 18.1. The first kappa shape index (κ1) is 27.5. The zero-order chi connectivity index (χ0) is 26.7. The van der Waals surface area contributed by atoms with Crippen molar-refractivity contribution in [2.75, 3.05) is 0 Å². The summed E-state index contributed by atoms with van der Waals surface area (Å²) in [6.07, 6.45) is 8.30. The fraction of sp³-hybridized carbons (Fsp3) is 0.400. The first-order valence-corrected chi connectivity index (χ1v) is 14.6. The lowest BCUT2D eigenvalue weighted by molar-refractivity contribution is 0.304. The zero-order valence-corrected chi connectivity index (χ0v) is 22.5. The Balaban J connectivity index is 1.49. The van der Waals surface area contributed by atoms with Gasteiger partial charge in [-0.3, -0.25) is 4.57 Å². The van der Waals surface area contributed by atoms with Gasteiger partial charge in [-0.25, -0.2) is 8.78 Å². The van der Waals surface area contributed by atoms with Gasteiger partial charge < -0.3 is 14.5 Å². The van der Waals surface area contributed by atoms with Gasteiger partial charge in [0, 0.05) is 17.2 Å². The Kier molecular flexibility index (Phi) is 8.52. The minimum Gasteiger partial charge on any atom is -0.457 e. The average Bonchev–Trinajstić information content (AvgIpc) is 2.85. The largest absolute Gasteiger partial charge is 0.457 e. The molecule has 7 heteroatoms. The van der Waals surface area contributed by atoms with Crippen molar-refractivity contribution < 1.29 is 27.9 Å². The highest BCUT2D eigenvalue weighted by atomic mass is 31.2. The van der Waals surface area contributed by atoms with E-state index in [1.165, 1.54) is 56.4 Å². The maximum absolute atomic E-state index is 15.1. The fourth-order valence-electron chi connectivity index (χ4n) is 5.43. The van der Waals surface area contributed by atoms with Gasteiger partial charge in [0.05, 0.1) is 5.30 Å². The maximum atomic E-state index is 15.1. The summed E-state index contributed by atoms with van der Waals surface area (Å²) in [4.78, 5) is 18.9. The number of halogens is 2. The molecule has 3 aromatic carbocycles. The minimum atomic E-state index is -4.40. The lowest BCUT2D eigenvalue weighted by Crippen LogP contribution is -2.13. The van der Waals surface area contributed by atoms with Gasteiger partial charge in [-0.05, 0) is 98.4 Å². The first-order chi connectivity index (χ1) is 17.6. The number of hydrogen-bond donors (Lipinski definition) is 2. The lowest BCUT2D eigenvalue weighted by Gasteiger charge is -2.29. The molecular formula is C30H35F2O4P. The van der Waals surface area contributed by atoms with E-state index in [9.17, 15) is 14.4 Å². The van der Waals surface area contributed by atoms with Crippen LogP contribution in [0.3, 0.4) is 0 Å². The predicted molar refractivity (Wildman–Crippen MR) is 144 cm³/mol. The topological polar surface area (TPSA) is 66.8 Å². The van der Waals surface area contributed by atoms with Crippen molar-refractivity contribution in [1.29, 1.82) is 0 Å². The van der Waals surface area contributed by atoms with Crippen molar-refractivity contribution in [1.82, 2.24) is 0 Å². The van der Waals surface area contributed by atoms with E-state index < -0.39 is 19.2 Å². The van der Waals surface area contributed by atoms with Gasteiger partial charge in [0.25, 0.3) is 0 Å². The van der Waals surface area contributed by atoms with Gasteiger partial charge in [-0.1, -0.05) is 38.3 Å². The molecule has 0 radical (unpaired) electrons. The summed E-state index contributed by atoms with van der Waals surface area (Å²) in [7, 11) is -4.40. The second kappa shape index (κ2) is 11.5. The Labute approximate surface area is 217 Å². The molecule has 0 bridgehead atoms. The number of aryl methyl sites for hydroxylation is 2. The molecule has 198 valence electrons. The van der Waals surface area contributed by atoms with Gasteiger partial charge in [-0.15, -0.1) is 0 Å². The third-order valence-electron chi connectivity index (χ3n) is 7.51. The number of unbranched alkanes of at least 4 members (excludes halogenated alkanes) is 1. The zero-order valence-electron chi connectivity index (χ0n) is 21.6. The standard InChI is InChI=1S/C30H35F2O4P/c1-4-5-6-21-7-9-22(10-8-21)23-11-13-26(28(31)17-23)27-14-12-24(18-29(27)32)36-30-19(2)15-25(16-20(30)3)37(33,34)35/h11-18,21-22H,4-10H2,1-3H3,(H2,33,34,35). The molecule has 1 aliphatic carbocycles. The quantitative estimate of drug-likeness (QED) is 0.289. The SMILES string of the molecule is CCCCC1CCC(c2ccc(-c3ccc(Oc4c(C)cc(P(=O)(O)O)cc4C)cc3F)c(F)c2)CC1. The van der Waals surface area contributed by atoms with Gasteiger partial charge in [0.2, 0.25) is 0 Å². The Bertz CT molecular complexity index is 1290. The molecule has 0 heterocycles. The van der Waals surface area contributed by atoms with E-state index >= 15 is 8.78 Å². The van der Waals surface area contributed by atoms with Crippen molar-refractivity contribution >= 4 is 12.9 Å². The smallest absolute Gasteiger partial charge is 0.356 e. The van der Waals surface area contributed by atoms with E-state index in [1.807, 2.05) is 6.07 Å². The molecule has 0 aromatic heterocycles. The van der Waals surface area contributed by atoms with Crippen LogP contribution in [-0.4, -0.2) is 9.79 Å². The molecule has 0 amide bonds. The molecule has 1 fully saturated rings. The molecule has 2 N–H and O–H groups in total. The maximum Gasteiger partial charge on any atom is 0.356 e. The first-order valence-electron chi connectivity index (χ1n) is 13.0. The Morgan fingerprint density at radius 2 is 1.49 bits per heavy atom. The minimum absolute atomic E-state index is 0.0974. The third-order valence-corrected chi connectivity index (χ3v) is 8.44. The highest BCUT2D eigenvalue weighted by Gasteiger charge is 2.24. The molecule has 37 heavy (non-hydrogen) atoms. The van der Waals surface area contributed by atoms with Crippen LogP contribution < -0.4 is 10.0 Å². The van der Waals surface area contributed by atoms with Crippen LogP contribution in [0.25, 0.3) is 11.1 Å². The number of rotatable bonds is 8. The second-order valence-corrected chi connectivity index (χ2v) is 11.9. The molecule has 4 rings (SSSR count). The summed E-state index contributed by atoms with van der Waals surface area (Å²) in [5, 5.41) is -0.0974. The van der Waals surface area contributed by atoms with Crippen LogP contribution in [0.2, 0.25) is 0 Å². The summed E-state index contributed by atoms with van der Waals surface area (Å²) in [6.45, 7) is 5.55. The van der Waals surface area contributed by atoms with Gasteiger partial charge in [-0.2, -0.15) is 0 Å². The number of hydrogen-bond acceptors (Lipinski definition) is 2. The second-order valence-electron chi connectivity index (χ2n) is 10.3. The molecule has 1 saturated carbocycles. The third kappa shape index (κ3) is 6.49. The molecule has 0 saturated heterocycles. The molecule has 0 unspecified atom stereocenters. The average molecular weight is 529 g/mol. The Hall–Kier alpha value is -2.53. The lowest BCUT2D eigenvalue weighted by atomic mass is 9.77. The van der Waals surface area contributed by atoms with Crippen LogP contribution in [0.5, 0.6) is 11.5 Å². The summed E-state index contributed by atoms with van der Waals surface area (Å²) in [6, 6.07) is 12.2. The monoisotopic (exact) mass is 528 g/mol. The Morgan fingerprint density at radius 3 is 2.03 bits per heavy atom. The van der Waals surface area contributed by atoms with Crippen LogP contribution in [-0.2, 0) is 4.57 Å². The van der Waals surface area contributed by atoms with E-state index in [-0.39, 0.29) is 22.2 Å². The predicted octanol–water partition coefficient (Wildman–Crippen LogP) is 8.31. The van der Waals surface area contributed by atoms with Gasteiger partial charge >= 0.3 is 7.60 Å². The molecule has 1 aliphatic rings. The number of ether oxygens (including phenoxy) is 1. The fourth-order valence-corrected chi connectivity index (χ4v) is 6.16. The molecule has 4 nitrogen and oxygen atoms in total. The van der Waals surface area contributed by atoms with Gasteiger partial charge in [0.1, 0.15) is 23.1 Å². The van der Waals surface area contributed by atoms with Crippen molar-refractivity contribution in [3.63, 3.8) is 0 Å². The van der Waals surface area contributed by atoms with Gasteiger partial charge in [0.15, 0.2) is 0 Å². The highest BCUT2D eigenvalue weighted by molar-refractivity contribution is 7.60. The van der Waals surface area contributed by atoms with Crippen LogP contribution in [0.15, 0.2) is 48.5 Å². The molecule has 3 aromatic rings. The van der Waals surface area contributed by atoms with Crippen LogP contribution in [0, 0.1) is 31.4 Å². The number of benzene rings is 3. The summed E-state index contributed by atoms with van der Waals surface area (Å²) in [5.74, 6) is 0.704. The van der Waals surface area contributed by atoms with E-state index in [4.69, 9.17) is 4.74 Å². The van der Waals surface area contributed by atoms with Crippen molar-refractivity contribution in [3.8, 4) is 22.6 Å². The molecular weight excluding hydrogens is 493 g/mol. The van der Waals surface area contributed by atoms with E-state index in [0.29, 0.717) is 22.8 Å². The summed E-state index contributed by atoms with van der Waals surface area (Å²) < 4.78 is 47.7. The summed E-state index contributed by atoms with van der Waals surface area (Å²) in [5.41, 5.74) is 2.39. The Morgan fingerprint density at radius 1 is 0.892 bits per heavy atom. The van der Waals surface area contributed by atoms with Crippen molar-refractivity contribution in [3.05, 3.63) is 76.9 Å². The molecule has 0 aliphatic heterocycles. The van der Waals surface area contributed by atoms with E-state index in [1.54, 1.807) is 32.0 Å². The van der Waals surface area contributed by atoms with Crippen molar-refractivity contribution in [2.45, 2.75) is 71.6 Å². The van der Waals surface area contributed by atoms with Crippen molar-refractivity contribution in [2.24, 2.45) is 5.92 Å². The molecule has 0 spiro atoms. The van der Waals surface area contributed by atoms with Crippen LogP contribution in [0.4, 0.5) is 8.78 Å². The van der Waals surface area contributed by atoms with E-state index in [2.05, 4.69) is 6.92 Å². The van der Waals surface area contributed by atoms with Crippen LogP contribution in [0.1, 0.15) is 74.5 Å². The molecule has 0 atom stereocenters. The summed E-state index contributed by atoms with van der Waals surface area (Å²) >= 11 is 0. The highest BCUT2D eigenvalue weighted by Crippen LogP contribution is 2.40.